The Hall–Kier alpha value is -1.80. The highest BCUT2D eigenvalue weighted by Gasteiger charge is 2.04. The van der Waals surface area contributed by atoms with Crippen molar-refractivity contribution in [1.29, 1.82) is 0 Å². The molecule has 92 valence electrons. The SMILES string of the molecule is COC(=O)C=Cc1ccc2cc(C)ccc2c1Cl. The third-order valence-electron chi connectivity index (χ3n) is 2.74. The average Bonchev–Trinajstić information content (AvgIpc) is 2.37. The second-order valence-corrected chi connectivity index (χ2v) is 4.43. The normalized spacial score (nSPS) is 11.1. The highest BCUT2D eigenvalue weighted by Crippen LogP contribution is 2.28. The molecule has 0 fully saturated rings. The monoisotopic (exact) mass is 260 g/mol. The largest absolute Gasteiger partial charge is 0.466 e. The summed E-state index contributed by atoms with van der Waals surface area (Å²) >= 11 is 6.32. The molecule has 0 atom stereocenters. The molecule has 0 N–H and O–H groups in total. The van der Waals surface area contributed by atoms with Crippen molar-refractivity contribution in [2.45, 2.75) is 6.92 Å². The Morgan fingerprint density at radius 3 is 2.78 bits per heavy atom. The predicted octanol–water partition coefficient (Wildman–Crippen LogP) is 3.99. The molecule has 0 heterocycles. The van der Waals surface area contributed by atoms with Gasteiger partial charge in [-0.05, 0) is 23.9 Å². The van der Waals surface area contributed by atoms with Gasteiger partial charge in [0.15, 0.2) is 0 Å². The van der Waals surface area contributed by atoms with E-state index in [1.165, 1.54) is 18.7 Å². The summed E-state index contributed by atoms with van der Waals surface area (Å²) in [5.41, 5.74) is 2.00. The van der Waals surface area contributed by atoms with Gasteiger partial charge in [0.05, 0.1) is 12.1 Å². The number of methoxy groups -OCH3 is 1. The molecule has 0 bridgehead atoms. The lowest BCUT2D eigenvalue weighted by Crippen LogP contribution is -1.93. The molecular weight excluding hydrogens is 248 g/mol. The highest BCUT2D eigenvalue weighted by atomic mass is 35.5. The standard InChI is InChI=1S/C15H13ClO2/c1-10-3-7-13-12(9-10)5-4-11(15(13)16)6-8-14(17)18-2/h3-9H,1-2H3. The lowest BCUT2D eigenvalue weighted by Gasteiger charge is -2.05. The molecule has 0 unspecified atom stereocenters. The van der Waals surface area contributed by atoms with Crippen molar-refractivity contribution >= 4 is 34.4 Å². The molecule has 0 amide bonds. The van der Waals surface area contributed by atoms with Gasteiger partial charge in [0.1, 0.15) is 0 Å². The maximum atomic E-state index is 11.1. The number of hydrogen-bond acceptors (Lipinski definition) is 2. The molecule has 0 aliphatic heterocycles. The van der Waals surface area contributed by atoms with Gasteiger partial charge < -0.3 is 4.74 Å². The topological polar surface area (TPSA) is 26.3 Å². The molecule has 0 aromatic heterocycles. The maximum absolute atomic E-state index is 11.1. The van der Waals surface area contributed by atoms with Gasteiger partial charge in [-0.2, -0.15) is 0 Å². The van der Waals surface area contributed by atoms with Crippen molar-refractivity contribution in [1.82, 2.24) is 0 Å². The van der Waals surface area contributed by atoms with Crippen LogP contribution in [-0.4, -0.2) is 13.1 Å². The fourth-order valence-corrected chi connectivity index (χ4v) is 2.08. The lowest BCUT2D eigenvalue weighted by atomic mass is 10.0. The van der Waals surface area contributed by atoms with Crippen molar-refractivity contribution in [3.8, 4) is 0 Å². The first kappa shape index (κ1) is 12.7. The molecule has 0 aliphatic carbocycles. The van der Waals surface area contributed by atoms with Gasteiger partial charge in [-0.1, -0.05) is 47.5 Å². The Labute approximate surface area is 111 Å². The van der Waals surface area contributed by atoms with E-state index in [9.17, 15) is 4.79 Å². The van der Waals surface area contributed by atoms with Gasteiger partial charge in [-0.15, -0.1) is 0 Å². The van der Waals surface area contributed by atoms with Crippen LogP contribution in [0.2, 0.25) is 5.02 Å². The zero-order valence-corrected chi connectivity index (χ0v) is 11.0. The molecule has 2 nitrogen and oxygen atoms in total. The van der Waals surface area contributed by atoms with Crippen molar-refractivity contribution in [3.63, 3.8) is 0 Å². The van der Waals surface area contributed by atoms with E-state index in [0.29, 0.717) is 5.02 Å². The van der Waals surface area contributed by atoms with Crippen LogP contribution in [0.25, 0.3) is 16.8 Å². The van der Waals surface area contributed by atoms with Crippen molar-refractivity contribution in [2.24, 2.45) is 0 Å². The number of rotatable bonds is 2. The molecule has 0 saturated heterocycles. The smallest absolute Gasteiger partial charge is 0.330 e. The van der Waals surface area contributed by atoms with E-state index in [1.54, 1.807) is 6.08 Å². The first-order valence-electron chi connectivity index (χ1n) is 5.56. The Morgan fingerprint density at radius 1 is 1.28 bits per heavy atom. The van der Waals surface area contributed by atoms with Crippen molar-refractivity contribution in [2.75, 3.05) is 7.11 Å². The number of carbonyl (C=O) groups excluding carboxylic acids is 1. The zero-order valence-electron chi connectivity index (χ0n) is 10.2. The summed E-state index contributed by atoms with van der Waals surface area (Å²) in [6.45, 7) is 2.04. The van der Waals surface area contributed by atoms with E-state index >= 15 is 0 Å². The summed E-state index contributed by atoms with van der Waals surface area (Å²) in [6.07, 6.45) is 3.02. The highest BCUT2D eigenvalue weighted by molar-refractivity contribution is 6.37. The summed E-state index contributed by atoms with van der Waals surface area (Å²) in [7, 11) is 1.34. The van der Waals surface area contributed by atoms with Gasteiger partial charge in [0, 0.05) is 11.5 Å². The van der Waals surface area contributed by atoms with E-state index in [4.69, 9.17) is 11.6 Å². The number of carbonyl (C=O) groups is 1. The van der Waals surface area contributed by atoms with E-state index in [2.05, 4.69) is 10.8 Å². The average molecular weight is 261 g/mol. The number of aryl methyl sites for hydroxylation is 1. The van der Waals surface area contributed by atoms with Crippen LogP contribution >= 0.6 is 11.6 Å². The molecule has 0 saturated carbocycles. The Kier molecular flexibility index (Phi) is 3.68. The Morgan fingerprint density at radius 2 is 2.06 bits per heavy atom. The van der Waals surface area contributed by atoms with Crippen LogP contribution < -0.4 is 0 Å². The summed E-state index contributed by atoms with van der Waals surface area (Å²) in [4.78, 5) is 11.1. The summed E-state index contributed by atoms with van der Waals surface area (Å²) in [6, 6.07) is 9.97. The fraction of sp³-hybridized carbons (Fsp3) is 0.133. The fourth-order valence-electron chi connectivity index (χ4n) is 1.78. The molecule has 0 spiro atoms. The van der Waals surface area contributed by atoms with Gasteiger partial charge in [0.25, 0.3) is 0 Å². The number of hydrogen-bond donors (Lipinski definition) is 0. The van der Waals surface area contributed by atoms with Crippen LogP contribution in [0.1, 0.15) is 11.1 Å². The second kappa shape index (κ2) is 5.23. The minimum Gasteiger partial charge on any atom is -0.466 e. The number of halogens is 1. The molecule has 0 radical (unpaired) electrons. The van der Waals surface area contributed by atoms with Gasteiger partial charge >= 0.3 is 5.97 Å². The molecule has 0 aliphatic rings. The molecule has 18 heavy (non-hydrogen) atoms. The van der Waals surface area contributed by atoms with E-state index < -0.39 is 5.97 Å². The maximum Gasteiger partial charge on any atom is 0.330 e. The number of fused-ring (bicyclic) bond motifs is 1. The second-order valence-electron chi connectivity index (χ2n) is 4.05. The van der Waals surface area contributed by atoms with Crippen LogP contribution in [-0.2, 0) is 9.53 Å². The number of benzene rings is 2. The molecule has 2 aromatic rings. The third-order valence-corrected chi connectivity index (χ3v) is 3.16. The van der Waals surface area contributed by atoms with Crippen LogP contribution in [0.15, 0.2) is 36.4 Å². The predicted molar refractivity (Wildman–Crippen MR) is 74.7 cm³/mol. The van der Waals surface area contributed by atoms with Crippen molar-refractivity contribution < 1.29 is 9.53 Å². The van der Waals surface area contributed by atoms with Crippen LogP contribution in [0.3, 0.4) is 0 Å². The summed E-state index contributed by atoms with van der Waals surface area (Å²) in [5.74, 6) is -0.393. The Bertz CT molecular complexity index is 630. The van der Waals surface area contributed by atoms with E-state index in [-0.39, 0.29) is 0 Å². The van der Waals surface area contributed by atoms with Gasteiger partial charge in [-0.25, -0.2) is 4.79 Å². The third kappa shape index (κ3) is 2.54. The van der Waals surface area contributed by atoms with Crippen molar-refractivity contribution in [3.05, 3.63) is 52.6 Å². The van der Waals surface area contributed by atoms with Gasteiger partial charge in [-0.3, -0.25) is 0 Å². The van der Waals surface area contributed by atoms with Crippen LogP contribution in [0.5, 0.6) is 0 Å². The van der Waals surface area contributed by atoms with Crippen LogP contribution in [0.4, 0.5) is 0 Å². The van der Waals surface area contributed by atoms with E-state index in [1.807, 2.05) is 31.2 Å². The molecule has 3 heteroatoms. The van der Waals surface area contributed by atoms with E-state index in [0.717, 1.165) is 16.3 Å². The van der Waals surface area contributed by atoms with Crippen LogP contribution in [0, 0.1) is 6.92 Å². The minimum atomic E-state index is -0.393. The zero-order chi connectivity index (χ0) is 13.1. The Balaban J connectivity index is 2.48. The summed E-state index contributed by atoms with van der Waals surface area (Å²) < 4.78 is 4.55. The molecular formula is C15H13ClO2. The minimum absolute atomic E-state index is 0.393. The quantitative estimate of drug-likeness (QED) is 0.603. The first-order valence-corrected chi connectivity index (χ1v) is 5.94. The lowest BCUT2D eigenvalue weighted by molar-refractivity contribution is -0.134. The summed E-state index contributed by atoms with van der Waals surface area (Å²) in [5, 5.41) is 2.72. The number of ether oxygens (including phenoxy) is 1. The first-order chi connectivity index (χ1) is 8.61. The molecule has 2 rings (SSSR count). The molecule has 2 aromatic carbocycles. The number of esters is 1. The van der Waals surface area contributed by atoms with Gasteiger partial charge in [0.2, 0.25) is 0 Å².